The third-order valence-electron chi connectivity index (χ3n) is 3.55. The zero-order valence-electron chi connectivity index (χ0n) is 9.85. The van der Waals surface area contributed by atoms with E-state index >= 15 is 0 Å². The molecule has 90 valence electrons. The van der Waals surface area contributed by atoms with E-state index in [4.69, 9.17) is 9.47 Å². The summed E-state index contributed by atoms with van der Waals surface area (Å²) in [7, 11) is 0. The standard InChI is InChI=1S/C13H20O3/c1-2-3-6-15-13(14)16-9-12-8-10-4-5-11(12)7-10/h4-5,10-12H,2-3,6-9H2,1H3. The summed E-state index contributed by atoms with van der Waals surface area (Å²) in [5, 5.41) is 0. The van der Waals surface area contributed by atoms with Gasteiger partial charge in [0.1, 0.15) is 0 Å². The lowest BCUT2D eigenvalue weighted by molar-refractivity contribution is 0.0407. The molecule has 0 aromatic rings. The van der Waals surface area contributed by atoms with Crippen molar-refractivity contribution in [1.82, 2.24) is 0 Å². The Bertz CT molecular complexity index is 272. The molecule has 2 aliphatic carbocycles. The highest BCUT2D eigenvalue weighted by atomic mass is 16.7. The number of ether oxygens (including phenoxy) is 2. The lowest BCUT2D eigenvalue weighted by atomic mass is 9.95. The first-order valence-electron chi connectivity index (χ1n) is 6.27. The Morgan fingerprint density at radius 1 is 1.31 bits per heavy atom. The van der Waals surface area contributed by atoms with E-state index in [9.17, 15) is 4.79 Å². The minimum atomic E-state index is -0.500. The van der Waals surface area contributed by atoms with Gasteiger partial charge in [-0.25, -0.2) is 4.79 Å². The fraction of sp³-hybridized carbons (Fsp3) is 0.769. The quantitative estimate of drug-likeness (QED) is 0.409. The van der Waals surface area contributed by atoms with Crippen LogP contribution in [0, 0.1) is 17.8 Å². The van der Waals surface area contributed by atoms with Crippen molar-refractivity contribution in [2.45, 2.75) is 32.6 Å². The number of hydrogen-bond acceptors (Lipinski definition) is 3. The van der Waals surface area contributed by atoms with E-state index in [0.717, 1.165) is 18.8 Å². The first kappa shape index (κ1) is 11.5. The van der Waals surface area contributed by atoms with E-state index in [1.165, 1.54) is 12.8 Å². The van der Waals surface area contributed by atoms with Crippen LogP contribution in [0.5, 0.6) is 0 Å². The molecule has 0 heterocycles. The summed E-state index contributed by atoms with van der Waals surface area (Å²) >= 11 is 0. The van der Waals surface area contributed by atoms with Crippen molar-refractivity contribution in [2.24, 2.45) is 17.8 Å². The highest BCUT2D eigenvalue weighted by Gasteiger charge is 2.36. The summed E-state index contributed by atoms with van der Waals surface area (Å²) in [5.41, 5.74) is 0. The van der Waals surface area contributed by atoms with Crippen LogP contribution in [0.4, 0.5) is 4.79 Å². The molecule has 3 unspecified atom stereocenters. The van der Waals surface area contributed by atoms with Gasteiger partial charge < -0.3 is 9.47 Å². The molecule has 0 aromatic carbocycles. The molecule has 0 N–H and O–H groups in total. The van der Waals surface area contributed by atoms with Gasteiger partial charge in [0.25, 0.3) is 0 Å². The fourth-order valence-corrected chi connectivity index (χ4v) is 2.60. The van der Waals surface area contributed by atoms with Gasteiger partial charge in [-0.05, 0) is 31.1 Å². The number of allylic oxidation sites excluding steroid dienone is 2. The van der Waals surface area contributed by atoms with Crippen LogP contribution in [0.2, 0.25) is 0 Å². The smallest absolute Gasteiger partial charge is 0.434 e. The third-order valence-corrected chi connectivity index (χ3v) is 3.55. The fourth-order valence-electron chi connectivity index (χ4n) is 2.60. The molecule has 0 amide bonds. The maximum absolute atomic E-state index is 11.2. The average Bonchev–Trinajstić information content (AvgIpc) is 2.88. The van der Waals surface area contributed by atoms with E-state index in [2.05, 4.69) is 19.1 Å². The molecule has 1 fully saturated rings. The molecule has 3 atom stereocenters. The Hall–Kier alpha value is -0.990. The number of rotatable bonds is 5. The number of hydrogen-bond donors (Lipinski definition) is 0. The summed E-state index contributed by atoms with van der Waals surface area (Å²) in [4.78, 5) is 11.2. The van der Waals surface area contributed by atoms with Crippen molar-refractivity contribution in [3.63, 3.8) is 0 Å². The minimum Gasteiger partial charge on any atom is -0.434 e. The van der Waals surface area contributed by atoms with Crippen LogP contribution >= 0.6 is 0 Å². The molecule has 2 bridgehead atoms. The van der Waals surface area contributed by atoms with E-state index < -0.39 is 6.16 Å². The maximum atomic E-state index is 11.2. The summed E-state index contributed by atoms with van der Waals surface area (Å²) in [5.74, 6) is 1.89. The third kappa shape index (κ3) is 2.77. The van der Waals surface area contributed by atoms with Crippen LogP contribution in [0.15, 0.2) is 12.2 Å². The molecule has 3 heteroatoms. The van der Waals surface area contributed by atoms with Crippen LogP contribution in [0.3, 0.4) is 0 Å². The first-order chi connectivity index (χ1) is 7.79. The topological polar surface area (TPSA) is 35.5 Å². The van der Waals surface area contributed by atoms with E-state index in [1.807, 2.05) is 0 Å². The Kier molecular flexibility index (Phi) is 3.86. The van der Waals surface area contributed by atoms with Crippen molar-refractivity contribution in [3.8, 4) is 0 Å². The largest absolute Gasteiger partial charge is 0.508 e. The number of unbranched alkanes of at least 4 members (excludes halogenated alkanes) is 1. The molecule has 16 heavy (non-hydrogen) atoms. The lowest BCUT2D eigenvalue weighted by Crippen LogP contribution is -2.18. The second-order valence-electron chi connectivity index (χ2n) is 4.80. The Morgan fingerprint density at radius 3 is 2.81 bits per heavy atom. The molecule has 2 aliphatic rings. The molecule has 3 nitrogen and oxygen atoms in total. The Balaban J connectivity index is 1.61. The summed E-state index contributed by atoms with van der Waals surface area (Å²) in [6.45, 7) is 3.07. The molecule has 0 aliphatic heterocycles. The SMILES string of the molecule is CCCCOC(=O)OCC1CC2C=CC1C2. The van der Waals surface area contributed by atoms with Gasteiger partial charge in [0, 0.05) is 5.92 Å². The molecule has 1 saturated carbocycles. The predicted octanol–water partition coefficient (Wildman–Crippen LogP) is 3.15. The lowest BCUT2D eigenvalue weighted by Gasteiger charge is -2.17. The van der Waals surface area contributed by atoms with E-state index in [0.29, 0.717) is 25.0 Å². The number of carbonyl (C=O) groups excluding carboxylic acids is 1. The summed E-state index contributed by atoms with van der Waals surface area (Å²) in [6, 6.07) is 0. The molecule has 2 rings (SSSR count). The molecule has 0 aromatic heterocycles. The van der Waals surface area contributed by atoms with E-state index in [-0.39, 0.29) is 0 Å². The van der Waals surface area contributed by atoms with Gasteiger partial charge >= 0.3 is 6.16 Å². The van der Waals surface area contributed by atoms with Crippen LogP contribution in [0.25, 0.3) is 0 Å². The predicted molar refractivity (Wildman–Crippen MR) is 61.1 cm³/mol. The Morgan fingerprint density at radius 2 is 2.19 bits per heavy atom. The van der Waals surface area contributed by atoms with Crippen LogP contribution in [-0.2, 0) is 9.47 Å². The average molecular weight is 224 g/mol. The Labute approximate surface area is 96.8 Å². The van der Waals surface area contributed by atoms with Gasteiger partial charge in [0.05, 0.1) is 13.2 Å². The first-order valence-corrected chi connectivity index (χ1v) is 6.27. The van der Waals surface area contributed by atoms with Crippen molar-refractivity contribution >= 4 is 6.16 Å². The van der Waals surface area contributed by atoms with Gasteiger partial charge in [-0.15, -0.1) is 0 Å². The van der Waals surface area contributed by atoms with Gasteiger partial charge in [0.2, 0.25) is 0 Å². The summed E-state index contributed by atoms with van der Waals surface area (Å²) < 4.78 is 10.1. The number of carbonyl (C=O) groups is 1. The van der Waals surface area contributed by atoms with Crippen molar-refractivity contribution < 1.29 is 14.3 Å². The minimum absolute atomic E-state index is 0.478. The molecular weight excluding hydrogens is 204 g/mol. The van der Waals surface area contributed by atoms with Gasteiger partial charge in [-0.2, -0.15) is 0 Å². The van der Waals surface area contributed by atoms with Crippen molar-refractivity contribution in [3.05, 3.63) is 12.2 Å². The van der Waals surface area contributed by atoms with Crippen LogP contribution in [0.1, 0.15) is 32.6 Å². The molecular formula is C13H20O3. The normalized spacial score (nSPS) is 30.7. The van der Waals surface area contributed by atoms with Gasteiger partial charge in [-0.3, -0.25) is 0 Å². The zero-order valence-corrected chi connectivity index (χ0v) is 9.85. The highest BCUT2D eigenvalue weighted by Crippen LogP contribution is 2.43. The maximum Gasteiger partial charge on any atom is 0.508 e. The molecule has 0 radical (unpaired) electrons. The monoisotopic (exact) mass is 224 g/mol. The van der Waals surface area contributed by atoms with Crippen molar-refractivity contribution in [1.29, 1.82) is 0 Å². The highest BCUT2D eigenvalue weighted by molar-refractivity contribution is 5.59. The van der Waals surface area contributed by atoms with Crippen molar-refractivity contribution in [2.75, 3.05) is 13.2 Å². The van der Waals surface area contributed by atoms with Crippen LogP contribution < -0.4 is 0 Å². The zero-order chi connectivity index (χ0) is 11.4. The second-order valence-corrected chi connectivity index (χ2v) is 4.80. The van der Waals surface area contributed by atoms with Crippen LogP contribution in [-0.4, -0.2) is 19.4 Å². The van der Waals surface area contributed by atoms with Gasteiger partial charge in [0.15, 0.2) is 0 Å². The molecule has 0 saturated heterocycles. The van der Waals surface area contributed by atoms with Gasteiger partial charge in [-0.1, -0.05) is 25.5 Å². The number of fused-ring (bicyclic) bond motifs is 2. The summed E-state index contributed by atoms with van der Waals surface area (Å²) in [6.07, 6.45) is 8.42. The molecule has 0 spiro atoms. The van der Waals surface area contributed by atoms with E-state index in [1.54, 1.807) is 0 Å². The second kappa shape index (κ2) is 5.37.